The Morgan fingerprint density at radius 3 is 2.52 bits per heavy atom. The van der Waals surface area contributed by atoms with Crippen molar-refractivity contribution in [1.29, 1.82) is 0 Å². The van der Waals surface area contributed by atoms with Crippen LogP contribution in [-0.4, -0.2) is 17.9 Å². The first-order valence-corrected chi connectivity index (χ1v) is 9.20. The number of hydrazine groups is 1. The van der Waals surface area contributed by atoms with Gasteiger partial charge in [0, 0.05) is 12.0 Å². The number of amides is 2. The van der Waals surface area contributed by atoms with E-state index in [0.717, 1.165) is 24.2 Å². The molecule has 2 aromatic carbocycles. The van der Waals surface area contributed by atoms with Crippen LogP contribution >= 0.6 is 0 Å². The summed E-state index contributed by atoms with van der Waals surface area (Å²) in [7, 11) is 0. The molecule has 0 spiro atoms. The third kappa shape index (κ3) is 5.81. The zero-order chi connectivity index (χ0) is 19.1. The van der Waals surface area contributed by atoms with E-state index < -0.39 is 11.7 Å². The highest BCUT2D eigenvalue weighted by molar-refractivity contribution is 5.95. The Balaban J connectivity index is 1.43. The molecule has 2 amide bonds. The molecule has 2 N–H and O–H groups in total. The third-order valence-electron chi connectivity index (χ3n) is 4.57. The second-order valence-corrected chi connectivity index (χ2v) is 6.68. The monoisotopic (exact) mass is 370 g/mol. The summed E-state index contributed by atoms with van der Waals surface area (Å²) in [6, 6.07) is 12.9. The average molecular weight is 370 g/mol. The summed E-state index contributed by atoms with van der Waals surface area (Å²) in [4.78, 5) is 23.8. The van der Waals surface area contributed by atoms with Crippen LogP contribution in [0.1, 0.15) is 48.0 Å². The second-order valence-electron chi connectivity index (χ2n) is 6.68. The predicted molar refractivity (Wildman–Crippen MR) is 99.7 cm³/mol. The summed E-state index contributed by atoms with van der Waals surface area (Å²) in [6.07, 6.45) is 5.70. The van der Waals surface area contributed by atoms with Crippen molar-refractivity contribution >= 4 is 11.8 Å². The molecule has 0 bridgehead atoms. The summed E-state index contributed by atoms with van der Waals surface area (Å²) in [5.41, 5.74) is 5.98. The molecule has 1 aliphatic carbocycles. The van der Waals surface area contributed by atoms with Crippen LogP contribution in [0.4, 0.5) is 4.39 Å². The van der Waals surface area contributed by atoms with E-state index in [1.165, 1.54) is 37.1 Å². The molecular formula is C21H23FN2O3. The Morgan fingerprint density at radius 1 is 1.04 bits per heavy atom. The first-order valence-electron chi connectivity index (χ1n) is 9.20. The first-order chi connectivity index (χ1) is 13.1. The van der Waals surface area contributed by atoms with Crippen molar-refractivity contribution in [3.05, 3.63) is 65.5 Å². The Hall–Kier alpha value is -2.89. The number of carbonyl (C=O) groups is 2. The number of rotatable bonds is 6. The molecule has 142 valence electrons. The molecule has 0 heterocycles. The Bertz CT molecular complexity index is 786. The molecule has 2 aromatic rings. The van der Waals surface area contributed by atoms with E-state index in [0.29, 0.717) is 12.5 Å². The van der Waals surface area contributed by atoms with E-state index in [9.17, 15) is 14.0 Å². The molecule has 5 nitrogen and oxygen atoms in total. The molecule has 27 heavy (non-hydrogen) atoms. The molecule has 1 aliphatic rings. The predicted octanol–water partition coefficient (Wildman–Crippen LogP) is 3.54. The zero-order valence-electron chi connectivity index (χ0n) is 15.0. The van der Waals surface area contributed by atoms with Crippen LogP contribution < -0.4 is 15.6 Å². The summed E-state index contributed by atoms with van der Waals surface area (Å²) < 4.78 is 18.8. The topological polar surface area (TPSA) is 67.4 Å². The van der Waals surface area contributed by atoms with Gasteiger partial charge in [0.05, 0.1) is 6.10 Å². The molecule has 3 rings (SSSR count). The number of hydrogen-bond donors (Lipinski definition) is 2. The lowest BCUT2D eigenvalue weighted by molar-refractivity contribution is -0.121. The van der Waals surface area contributed by atoms with Crippen molar-refractivity contribution < 1.29 is 18.7 Å². The summed E-state index contributed by atoms with van der Waals surface area (Å²) >= 11 is 0. The number of nitrogens with one attached hydrogen (secondary N) is 2. The van der Waals surface area contributed by atoms with Crippen LogP contribution in [0, 0.1) is 5.82 Å². The van der Waals surface area contributed by atoms with Gasteiger partial charge in [0.25, 0.3) is 5.91 Å². The highest BCUT2D eigenvalue weighted by Crippen LogP contribution is 2.24. The summed E-state index contributed by atoms with van der Waals surface area (Å²) in [5.74, 6) is -0.373. The van der Waals surface area contributed by atoms with Gasteiger partial charge in [0.2, 0.25) is 5.91 Å². The number of hydrogen-bond acceptors (Lipinski definition) is 3. The normalized spacial score (nSPS) is 14.0. The first kappa shape index (κ1) is 18.9. The fourth-order valence-corrected chi connectivity index (χ4v) is 3.09. The lowest BCUT2D eigenvalue weighted by atomic mass is 10.1. The summed E-state index contributed by atoms with van der Waals surface area (Å²) in [5, 5.41) is 0. The largest absolute Gasteiger partial charge is 0.490 e. The van der Waals surface area contributed by atoms with Gasteiger partial charge in [0.1, 0.15) is 11.6 Å². The lowest BCUT2D eigenvalue weighted by Gasteiger charge is -2.14. The molecule has 1 fully saturated rings. The SMILES string of the molecule is O=C(CCc1cccc(OC2CCCC2)c1)NNC(=O)c1ccc(F)cc1. The van der Waals surface area contributed by atoms with Crippen LogP contribution in [0.25, 0.3) is 0 Å². The van der Waals surface area contributed by atoms with Crippen LogP contribution in [0.3, 0.4) is 0 Å². The molecule has 0 aliphatic heterocycles. The van der Waals surface area contributed by atoms with Gasteiger partial charge in [-0.05, 0) is 74.1 Å². The molecule has 0 aromatic heterocycles. The molecule has 6 heteroatoms. The Morgan fingerprint density at radius 2 is 1.78 bits per heavy atom. The van der Waals surface area contributed by atoms with Crippen molar-refractivity contribution in [1.82, 2.24) is 10.9 Å². The van der Waals surface area contributed by atoms with Gasteiger partial charge < -0.3 is 4.74 Å². The molecule has 0 atom stereocenters. The minimum atomic E-state index is -0.490. The summed E-state index contributed by atoms with van der Waals surface area (Å²) in [6.45, 7) is 0. The van der Waals surface area contributed by atoms with Gasteiger partial charge in [-0.1, -0.05) is 12.1 Å². The van der Waals surface area contributed by atoms with Crippen molar-refractivity contribution in [3.8, 4) is 5.75 Å². The standard InChI is InChI=1S/C21H23FN2O3/c22-17-11-9-16(10-12-17)21(26)24-23-20(25)13-8-15-4-3-7-19(14-15)27-18-5-1-2-6-18/h3-4,7,9-12,14,18H,1-2,5-6,8,13H2,(H,23,25)(H,24,26). The quantitative estimate of drug-likeness (QED) is 0.765. The van der Waals surface area contributed by atoms with Gasteiger partial charge >= 0.3 is 0 Å². The maximum Gasteiger partial charge on any atom is 0.269 e. The van der Waals surface area contributed by atoms with Gasteiger partial charge in [-0.25, -0.2) is 4.39 Å². The fourth-order valence-electron chi connectivity index (χ4n) is 3.09. The van der Waals surface area contributed by atoms with Gasteiger partial charge in [-0.3, -0.25) is 20.4 Å². The van der Waals surface area contributed by atoms with Crippen molar-refractivity contribution in [2.75, 3.05) is 0 Å². The number of carbonyl (C=O) groups excluding carboxylic acids is 2. The highest BCUT2D eigenvalue weighted by Gasteiger charge is 2.16. The second kappa shape index (κ2) is 9.16. The number of ether oxygens (including phenoxy) is 1. The minimum Gasteiger partial charge on any atom is -0.490 e. The minimum absolute atomic E-state index is 0.233. The molecule has 0 radical (unpaired) electrons. The number of aryl methyl sites for hydroxylation is 1. The van der Waals surface area contributed by atoms with Crippen LogP contribution in [0.2, 0.25) is 0 Å². The zero-order valence-corrected chi connectivity index (χ0v) is 15.0. The number of halogens is 1. The van der Waals surface area contributed by atoms with Crippen LogP contribution in [-0.2, 0) is 11.2 Å². The van der Waals surface area contributed by atoms with Crippen molar-refractivity contribution in [3.63, 3.8) is 0 Å². The maximum atomic E-state index is 12.9. The van der Waals surface area contributed by atoms with Crippen LogP contribution in [0.15, 0.2) is 48.5 Å². The molecule has 1 saturated carbocycles. The smallest absolute Gasteiger partial charge is 0.269 e. The van der Waals surface area contributed by atoms with E-state index in [2.05, 4.69) is 10.9 Å². The van der Waals surface area contributed by atoms with E-state index in [4.69, 9.17) is 4.74 Å². The highest BCUT2D eigenvalue weighted by atomic mass is 19.1. The Labute approximate surface area is 157 Å². The van der Waals surface area contributed by atoms with E-state index in [1.807, 2.05) is 24.3 Å². The molecule has 0 unspecified atom stereocenters. The van der Waals surface area contributed by atoms with Crippen LogP contribution in [0.5, 0.6) is 5.75 Å². The fraction of sp³-hybridized carbons (Fsp3) is 0.333. The number of benzene rings is 2. The maximum absolute atomic E-state index is 12.9. The van der Waals surface area contributed by atoms with Gasteiger partial charge in [-0.15, -0.1) is 0 Å². The average Bonchev–Trinajstić information content (AvgIpc) is 3.18. The van der Waals surface area contributed by atoms with E-state index in [1.54, 1.807) is 0 Å². The molecule has 0 saturated heterocycles. The van der Waals surface area contributed by atoms with E-state index >= 15 is 0 Å². The van der Waals surface area contributed by atoms with Gasteiger partial charge in [-0.2, -0.15) is 0 Å². The van der Waals surface area contributed by atoms with Crippen molar-refractivity contribution in [2.45, 2.75) is 44.6 Å². The third-order valence-corrected chi connectivity index (χ3v) is 4.57. The lowest BCUT2D eigenvalue weighted by Crippen LogP contribution is -2.41. The Kier molecular flexibility index (Phi) is 6.41. The molecular weight excluding hydrogens is 347 g/mol. The van der Waals surface area contributed by atoms with E-state index in [-0.39, 0.29) is 17.9 Å². The van der Waals surface area contributed by atoms with Gasteiger partial charge in [0.15, 0.2) is 0 Å². The van der Waals surface area contributed by atoms with Crippen molar-refractivity contribution in [2.24, 2.45) is 0 Å².